The van der Waals surface area contributed by atoms with Crippen LogP contribution in [0.5, 0.6) is 0 Å². The molecule has 2 rings (SSSR count). The Hall–Kier alpha value is -2.46. The first-order valence-corrected chi connectivity index (χ1v) is 8.14. The first-order valence-electron chi connectivity index (χ1n) is 8.14. The van der Waals surface area contributed by atoms with Crippen molar-refractivity contribution in [1.82, 2.24) is 25.3 Å². The van der Waals surface area contributed by atoms with E-state index < -0.39 is 11.9 Å². The Labute approximate surface area is 149 Å². The highest BCUT2D eigenvalue weighted by Gasteiger charge is 2.36. The van der Waals surface area contributed by atoms with Crippen LogP contribution in [0.1, 0.15) is 24.1 Å². The van der Waals surface area contributed by atoms with Gasteiger partial charge in [0.15, 0.2) is 11.7 Å². The number of ether oxygens (including phenoxy) is 1. The Morgan fingerprint density at radius 3 is 2.62 bits per heavy atom. The van der Waals surface area contributed by atoms with Gasteiger partial charge in [-0.15, -0.1) is 0 Å². The minimum absolute atomic E-state index is 0.0449. The molecule has 0 atom stereocenters. The van der Waals surface area contributed by atoms with Crippen LogP contribution >= 0.6 is 0 Å². The average Bonchev–Trinajstić information content (AvgIpc) is 2.99. The third-order valence-corrected chi connectivity index (χ3v) is 4.11. The van der Waals surface area contributed by atoms with Gasteiger partial charge in [-0.1, -0.05) is 0 Å². The Balaban J connectivity index is 1.89. The second-order valence-corrected chi connectivity index (χ2v) is 5.98. The fourth-order valence-electron chi connectivity index (χ4n) is 2.81. The van der Waals surface area contributed by atoms with Crippen LogP contribution < -0.4 is 10.6 Å². The number of aliphatic imine (C=N–C) groups is 1. The normalized spacial score (nSPS) is 16.5. The molecule has 2 N–H and O–H groups in total. The van der Waals surface area contributed by atoms with Crippen LogP contribution in [0.3, 0.4) is 0 Å². The summed E-state index contributed by atoms with van der Waals surface area (Å²) < 4.78 is 44.8. The molecule has 0 spiro atoms. The van der Waals surface area contributed by atoms with Crippen molar-refractivity contribution in [3.05, 3.63) is 17.5 Å². The molecule has 1 fully saturated rings. The Kier molecular flexibility index (Phi) is 6.32. The maximum atomic E-state index is 13.0. The van der Waals surface area contributed by atoms with Crippen molar-refractivity contribution in [3.63, 3.8) is 0 Å². The van der Waals surface area contributed by atoms with Gasteiger partial charge in [0.1, 0.15) is 0 Å². The molecular weight excluding hydrogens is 353 g/mol. The van der Waals surface area contributed by atoms with Crippen LogP contribution in [-0.4, -0.2) is 60.0 Å². The summed E-state index contributed by atoms with van der Waals surface area (Å²) in [5, 5.41) is 9.53. The van der Waals surface area contributed by atoms with Gasteiger partial charge in [-0.2, -0.15) is 18.3 Å². The van der Waals surface area contributed by atoms with E-state index in [1.807, 2.05) is 0 Å². The lowest BCUT2D eigenvalue weighted by molar-refractivity contribution is -0.142. The fourth-order valence-corrected chi connectivity index (χ4v) is 2.81. The van der Waals surface area contributed by atoms with Gasteiger partial charge in [0.05, 0.1) is 7.11 Å². The first-order chi connectivity index (χ1) is 12.2. The van der Waals surface area contributed by atoms with Crippen molar-refractivity contribution in [2.45, 2.75) is 31.6 Å². The number of hydrogen-bond donors (Lipinski definition) is 2. The van der Waals surface area contributed by atoms with E-state index in [-0.39, 0.29) is 24.2 Å². The van der Waals surface area contributed by atoms with Crippen LogP contribution in [0, 0.1) is 0 Å². The number of alkyl halides is 3. The monoisotopic (exact) mass is 376 g/mol. The number of guanidine groups is 1. The van der Waals surface area contributed by atoms with E-state index in [0.29, 0.717) is 31.9 Å². The van der Waals surface area contributed by atoms with Crippen molar-refractivity contribution in [1.29, 1.82) is 0 Å². The largest absolute Gasteiger partial charge is 0.453 e. The molecule has 1 aromatic heterocycles. The van der Waals surface area contributed by atoms with Gasteiger partial charge in [-0.25, -0.2) is 4.79 Å². The van der Waals surface area contributed by atoms with E-state index in [9.17, 15) is 18.0 Å². The number of likely N-dealkylation sites (tertiary alicyclic amines) is 1. The highest BCUT2D eigenvalue weighted by atomic mass is 19.4. The Morgan fingerprint density at radius 2 is 2.08 bits per heavy atom. The summed E-state index contributed by atoms with van der Waals surface area (Å²) in [6, 6.07) is 0.0677. The third-order valence-electron chi connectivity index (χ3n) is 4.11. The van der Waals surface area contributed by atoms with E-state index in [0.717, 1.165) is 4.68 Å². The molecule has 11 heteroatoms. The van der Waals surface area contributed by atoms with Crippen LogP contribution in [0.4, 0.5) is 18.0 Å². The number of halogens is 3. The molecular formula is C15H23F3N6O2. The third kappa shape index (κ3) is 5.02. The Bertz CT molecular complexity index is 650. The van der Waals surface area contributed by atoms with Crippen LogP contribution in [-0.2, 0) is 24.5 Å². The van der Waals surface area contributed by atoms with Crippen molar-refractivity contribution in [2.24, 2.45) is 12.0 Å². The number of methoxy groups -OCH3 is 1. The highest BCUT2D eigenvalue weighted by molar-refractivity contribution is 5.80. The zero-order valence-electron chi connectivity index (χ0n) is 14.9. The Morgan fingerprint density at radius 1 is 1.42 bits per heavy atom. The van der Waals surface area contributed by atoms with Crippen LogP contribution in [0.2, 0.25) is 0 Å². The predicted octanol–water partition coefficient (Wildman–Crippen LogP) is 1.33. The molecule has 2 heterocycles. The number of nitrogens with zero attached hydrogens (tertiary/aromatic N) is 4. The maximum Gasteiger partial charge on any atom is 0.435 e. The molecule has 0 unspecified atom stereocenters. The molecule has 26 heavy (non-hydrogen) atoms. The lowest BCUT2D eigenvalue weighted by atomic mass is 10.1. The van der Waals surface area contributed by atoms with E-state index in [1.54, 1.807) is 11.9 Å². The predicted molar refractivity (Wildman–Crippen MR) is 88.5 cm³/mol. The first kappa shape index (κ1) is 19.9. The zero-order valence-corrected chi connectivity index (χ0v) is 14.9. The second kappa shape index (κ2) is 8.28. The van der Waals surface area contributed by atoms with E-state index in [2.05, 4.69) is 25.5 Å². The van der Waals surface area contributed by atoms with E-state index in [1.165, 1.54) is 20.4 Å². The summed E-state index contributed by atoms with van der Waals surface area (Å²) in [6.07, 6.45) is -2.15. The minimum Gasteiger partial charge on any atom is -0.453 e. The zero-order chi connectivity index (χ0) is 19.3. The molecule has 0 radical (unpaired) electrons. The molecule has 0 aliphatic carbocycles. The fraction of sp³-hybridized carbons (Fsp3) is 0.667. The molecule has 1 saturated heterocycles. The molecule has 0 saturated carbocycles. The van der Waals surface area contributed by atoms with Gasteiger partial charge < -0.3 is 20.3 Å². The number of amides is 1. The van der Waals surface area contributed by atoms with Gasteiger partial charge in [0, 0.05) is 51.5 Å². The van der Waals surface area contributed by atoms with Crippen molar-refractivity contribution >= 4 is 12.1 Å². The SMILES string of the molecule is CN=C(NCc1cn(C)nc1C(F)(F)F)NC1CCN(C(=O)OC)CC1. The maximum absolute atomic E-state index is 13.0. The number of piperidine rings is 1. The smallest absolute Gasteiger partial charge is 0.435 e. The second-order valence-electron chi connectivity index (χ2n) is 5.98. The minimum atomic E-state index is -4.50. The van der Waals surface area contributed by atoms with Crippen LogP contribution in [0.25, 0.3) is 0 Å². The highest BCUT2D eigenvalue weighted by Crippen LogP contribution is 2.30. The number of rotatable bonds is 3. The van der Waals surface area contributed by atoms with Crippen molar-refractivity contribution in [2.75, 3.05) is 27.2 Å². The standard InChI is InChI=1S/C15H23F3N6O2/c1-19-13(21-11-4-6-24(7-5-11)14(25)26-3)20-8-10-9-23(2)22-12(10)15(16,17)18/h9,11H,4-8H2,1-3H3,(H2,19,20,21). The lowest BCUT2D eigenvalue weighted by Crippen LogP contribution is -2.49. The number of carbonyl (C=O) groups is 1. The van der Waals surface area contributed by atoms with Gasteiger partial charge in [0.25, 0.3) is 0 Å². The molecule has 146 valence electrons. The van der Waals surface area contributed by atoms with Gasteiger partial charge in [0.2, 0.25) is 0 Å². The van der Waals surface area contributed by atoms with Crippen molar-refractivity contribution < 1.29 is 22.7 Å². The molecule has 1 aliphatic rings. The molecule has 0 aromatic carbocycles. The summed E-state index contributed by atoms with van der Waals surface area (Å²) in [6.45, 7) is 1.04. The summed E-state index contributed by atoms with van der Waals surface area (Å²) >= 11 is 0. The van der Waals surface area contributed by atoms with Crippen LogP contribution in [0.15, 0.2) is 11.2 Å². The molecule has 1 amide bonds. The molecule has 1 aromatic rings. The summed E-state index contributed by atoms with van der Waals surface area (Å²) in [4.78, 5) is 17.1. The summed E-state index contributed by atoms with van der Waals surface area (Å²) in [5.41, 5.74) is -0.863. The quantitative estimate of drug-likeness (QED) is 0.614. The molecule has 0 bridgehead atoms. The summed E-state index contributed by atoms with van der Waals surface area (Å²) in [5.74, 6) is 0.401. The number of nitrogens with one attached hydrogen (secondary N) is 2. The van der Waals surface area contributed by atoms with Crippen molar-refractivity contribution in [3.8, 4) is 0 Å². The summed E-state index contributed by atoms with van der Waals surface area (Å²) in [7, 11) is 4.33. The van der Waals surface area contributed by atoms with E-state index >= 15 is 0 Å². The number of carbonyl (C=O) groups excluding carboxylic acids is 1. The van der Waals surface area contributed by atoms with Gasteiger partial charge in [-0.3, -0.25) is 9.67 Å². The topological polar surface area (TPSA) is 83.8 Å². The molecule has 1 aliphatic heterocycles. The lowest BCUT2D eigenvalue weighted by Gasteiger charge is -2.32. The number of aryl methyl sites for hydroxylation is 1. The molecule has 8 nitrogen and oxygen atoms in total. The number of hydrogen-bond acceptors (Lipinski definition) is 4. The average molecular weight is 376 g/mol. The van der Waals surface area contributed by atoms with Gasteiger partial charge >= 0.3 is 12.3 Å². The number of aromatic nitrogens is 2. The van der Waals surface area contributed by atoms with Gasteiger partial charge in [-0.05, 0) is 12.8 Å². The van der Waals surface area contributed by atoms with E-state index in [4.69, 9.17) is 0 Å².